The molecule has 0 saturated carbocycles. The summed E-state index contributed by atoms with van der Waals surface area (Å²) in [5, 5.41) is 0. The van der Waals surface area contributed by atoms with Crippen LogP contribution in [0.15, 0.2) is 36.8 Å². The first-order chi connectivity index (χ1) is 5.65. The second-order valence-corrected chi connectivity index (χ2v) is 1.91. The van der Waals surface area contributed by atoms with Crippen LogP contribution < -0.4 is 0 Å². The van der Waals surface area contributed by atoms with Gasteiger partial charge >= 0.3 is 5.97 Å². The van der Waals surface area contributed by atoms with Gasteiger partial charge in [-0.2, -0.15) is 0 Å². The van der Waals surface area contributed by atoms with Gasteiger partial charge < -0.3 is 9.47 Å². The molecule has 0 aliphatic heterocycles. The normalized spacial score (nSPS) is 10.3. The highest BCUT2D eigenvalue weighted by molar-refractivity contribution is 5.82. The first-order valence-electron chi connectivity index (χ1n) is 3.39. The number of carbonyl (C=O) groups is 1. The zero-order valence-corrected chi connectivity index (χ0v) is 7.29. The van der Waals surface area contributed by atoms with Crippen molar-refractivity contribution in [3.63, 3.8) is 0 Å². The molecule has 0 amide bonds. The Labute approximate surface area is 72.0 Å². The highest BCUT2D eigenvalue weighted by atomic mass is 16.6. The van der Waals surface area contributed by atoms with Crippen molar-refractivity contribution >= 4 is 5.97 Å². The molecule has 0 radical (unpaired) electrons. The molecule has 0 aliphatic rings. The molecule has 0 N–H and O–H groups in total. The van der Waals surface area contributed by atoms with Crippen LogP contribution in [0.2, 0.25) is 0 Å². The molecule has 66 valence electrons. The van der Waals surface area contributed by atoms with Gasteiger partial charge in [-0.3, -0.25) is 0 Å². The molecule has 0 saturated heterocycles. The van der Waals surface area contributed by atoms with E-state index in [1.165, 1.54) is 7.11 Å². The van der Waals surface area contributed by atoms with Gasteiger partial charge in [-0.05, 0) is 13.0 Å². The van der Waals surface area contributed by atoms with Crippen LogP contribution in [-0.2, 0) is 14.3 Å². The summed E-state index contributed by atoms with van der Waals surface area (Å²) >= 11 is 0. The summed E-state index contributed by atoms with van der Waals surface area (Å²) in [6.07, 6.45) is 2.72. The molecule has 0 aromatic heterocycles. The van der Waals surface area contributed by atoms with Crippen molar-refractivity contribution < 1.29 is 14.3 Å². The predicted molar refractivity (Wildman–Crippen MR) is 46.2 cm³/mol. The van der Waals surface area contributed by atoms with E-state index in [1.807, 2.05) is 0 Å². The highest BCUT2D eigenvalue weighted by Gasteiger charge is 2.05. The summed E-state index contributed by atoms with van der Waals surface area (Å²) in [6, 6.07) is 0. The topological polar surface area (TPSA) is 35.5 Å². The van der Waals surface area contributed by atoms with Crippen LogP contribution in [0.25, 0.3) is 0 Å². The Morgan fingerprint density at radius 1 is 1.50 bits per heavy atom. The number of hydrogen-bond acceptors (Lipinski definition) is 3. The lowest BCUT2D eigenvalue weighted by Crippen LogP contribution is -2.02. The lowest BCUT2D eigenvalue weighted by Gasteiger charge is -2.07. The smallest absolute Gasteiger partial charge is 0.335 e. The Balaban J connectivity index is 4.21. The van der Waals surface area contributed by atoms with E-state index in [2.05, 4.69) is 13.2 Å². The maximum absolute atomic E-state index is 10.7. The van der Waals surface area contributed by atoms with Crippen molar-refractivity contribution in [3.8, 4) is 0 Å². The fourth-order valence-electron chi connectivity index (χ4n) is 0.606. The third kappa shape index (κ3) is 3.05. The van der Waals surface area contributed by atoms with Gasteiger partial charge in [-0.1, -0.05) is 13.2 Å². The van der Waals surface area contributed by atoms with E-state index >= 15 is 0 Å². The van der Waals surface area contributed by atoms with Crippen LogP contribution in [0, 0.1) is 0 Å². The largest absolute Gasteiger partial charge is 0.493 e. The van der Waals surface area contributed by atoms with E-state index < -0.39 is 5.97 Å². The van der Waals surface area contributed by atoms with Crippen LogP contribution in [0.4, 0.5) is 0 Å². The van der Waals surface area contributed by atoms with Crippen molar-refractivity contribution in [1.29, 1.82) is 0 Å². The summed E-state index contributed by atoms with van der Waals surface area (Å²) in [4.78, 5) is 10.7. The Bertz CT molecular complexity index is 226. The third-order valence-electron chi connectivity index (χ3n) is 1.15. The van der Waals surface area contributed by atoms with Crippen LogP contribution in [0.3, 0.4) is 0 Å². The molecule has 0 bridgehead atoms. The first-order valence-corrected chi connectivity index (χ1v) is 3.39. The zero-order valence-electron chi connectivity index (χ0n) is 7.29. The number of ether oxygens (including phenoxy) is 2. The van der Waals surface area contributed by atoms with Gasteiger partial charge in [-0.15, -0.1) is 0 Å². The number of rotatable bonds is 4. The minimum absolute atomic E-state index is 0.185. The van der Waals surface area contributed by atoms with Crippen molar-refractivity contribution in [3.05, 3.63) is 36.8 Å². The van der Waals surface area contributed by atoms with Crippen molar-refractivity contribution in [1.82, 2.24) is 0 Å². The second-order valence-electron chi connectivity index (χ2n) is 1.91. The Hall–Kier alpha value is -1.51. The van der Waals surface area contributed by atoms with E-state index in [0.29, 0.717) is 5.76 Å². The predicted octanol–water partition coefficient (Wildman–Crippen LogP) is 1.78. The fourth-order valence-corrected chi connectivity index (χ4v) is 0.606. The summed E-state index contributed by atoms with van der Waals surface area (Å²) in [7, 11) is 1.47. The number of allylic oxidation sites excluding steroid dienone is 1. The Morgan fingerprint density at radius 3 is 2.42 bits per heavy atom. The van der Waals surface area contributed by atoms with Gasteiger partial charge in [0.15, 0.2) is 11.5 Å². The summed E-state index contributed by atoms with van der Waals surface area (Å²) < 4.78 is 9.56. The molecule has 0 aromatic carbocycles. The van der Waals surface area contributed by atoms with Crippen LogP contribution in [0.1, 0.15) is 6.92 Å². The van der Waals surface area contributed by atoms with Crippen molar-refractivity contribution in [2.45, 2.75) is 6.92 Å². The fraction of sp³-hybridized carbons (Fsp3) is 0.222. The SMILES string of the molecule is C=CC(=O)OC(=C)/C(=C\C)OC. The van der Waals surface area contributed by atoms with Crippen LogP contribution in [-0.4, -0.2) is 13.1 Å². The first kappa shape index (κ1) is 10.5. The Kier molecular flexibility index (Phi) is 4.53. The van der Waals surface area contributed by atoms with Gasteiger partial charge in [0.25, 0.3) is 0 Å². The number of methoxy groups -OCH3 is 1. The van der Waals surface area contributed by atoms with E-state index in [4.69, 9.17) is 9.47 Å². The number of carbonyl (C=O) groups excluding carboxylic acids is 1. The molecule has 12 heavy (non-hydrogen) atoms. The molecule has 0 fully saturated rings. The average Bonchev–Trinajstić information content (AvgIpc) is 2.06. The monoisotopic (exact) mass is 168 g/mol. The zero-order chi connectivity index (χ0) is 9.56. The molecule has 0 atom stereocenters. The quantitative estimate of drug-likeness (QED) is 0.278. The lowest BCUT2D eigenvalue weighted by atomic mass is 10.4. The van der Waals surface area contributed by atoms with Crippen LogP contribution >= 0.6 is 0 Å². The van der Waals surface area contributed by atoms with Gasteiger partial charge in [0.2, 0.25) is 0 Å². The maximum Gasteiger partial charge on any atom is 0.335 e. The standard InChI is InChI=1S/C9H12O3/c1-5-8(11-4)7(3)12-9(10)6-2/h5-6H,2-3H2,1,4H3/b8-5+. The minimum atomic E-state index is -0.545. The highest BCUT2D eigenvalue weighted by Crippen LogP contribution is 2.09. The minimum Gasteiger partial charge on any atom is -0.493 e. The summed E-state index contributed by atoms with van der Waals surface area (Å²) in [5.41, 5.74) is 0. The van der Waals surface area contributed by atoms with Gasteiger partial charge in [0.1, 0.15) is 0 Å². The van der Waals surface area contributed by atoms with Gasteiger partial charge in [0, 0.05) is 6.08 Å². The molecule has 3 heteroatoms. The van der Waals surface area contributed by atoms with Gasteiger partial charge in [0.05, 0.1) is 7.11 Å². The van der Waals surface area contributed by atoms with E-state index in [9.17, 15) is 4.79 Å². The molecule has 0 aromatic rings. The molecular weight excluding hydrogens is 156 g/mol. The number of hydrogen-bond donors (Lipinski definition) is 0. The van der Waals surface area contributed by atoms with Crippen molar-refractivity contribution in [2.24, 2.45) is 0 Å². The lowest BCUT2D eigenvalue weighted by molar-refractivity contribution is -0.133. The van der Waals surface area contributed by atoms with E-state index in [-0.39, 0.29) is 5.76 Å². The molecule has 0 unspecified atom stereocenters. The van der Waals surface area contributed by atoms with Crippen LogP contribution in [0.5, 0.6) is 0 Å². The maximum atomic E-state index is 10.7. The summed E-state index contributed by atoms with van der Waals surface area (Å²) in [6.45, 7) is 8.50. The average molecular weight is 168 g/mol. The Morgan fingerprint density at radius 2 is 2.08 bits per heavy atom. The third-order valence-corrected chi connectivity index (χ3v) is 1.15. The molecule has 0 rings (SSSR count). The molecule has 0 spiro atoms. The van der Waals surface area contributed by atoms with E-state index in [0.717, 1.165) is 6.08 Å². The molecule has 0 aliphatic carbocycles. The molecule has 0 heterocycles. The molecular formula is C9H12O3. The molecule has 3 nitrogen and oxygen atoms in total. The van der Waals surface area contributed by atoms with E-state index in [1.54, 1.807) is 13.0 Å². The second kappa shape index (κ2) is 5.18. The summed E-state index contributed by atoms with van der Waals surface area (Å²) in [5.74, 6) is 0.0755. The van der Waals surface area contributed by atoms with Crippen molar-refractivity contribution in [2.75, 3.05) is 7.11 Å². The number of esters is 1. The van der Waals surface area contributed by atoms with Gasteiger partial charge in [-0.25, -0.2) is 4.79 Å².